The topological polar surface area (TPSA) is 60.2 Å². The minimum absolute atomic E-state index is 0.151. The molecule has 0 N–H and O–H groups in total. The molecule has 5 rings (SSSR count). The quantitative estimate of drug-likeness (QED) is 0.282. The number of benzene rings is 1. The van der Waals surface area contributed by atoms with E-state index in [2.05, 4.69) is 32.5 Å². The number of halogens is 1. The Bertz CT molecular complexity index is 1400. The van der Waals surface area contributed by atoms with E-state index in [-0.39, 0.29) is 5.56 Å². The first kappa shape index (κ1) is 18.3. The van der Waals surface area contributed by atoms with Gasteiger partial charge in [-0.15, -0.1) is 11.3 Å². The van der Waals surface area contributed by atoms with E-state index in [0.717, 1.165) is 26.4 Å². The molecule has 0 spiro atoms. The summed E-state index contributed by atoms with van der Waals surface area (Å²) in [5.41, 5.74) is 3.38. The number of pyridine rings is 1. The van der Waals surface area contributed by atoms with Crippen LogP contribution in [0.2, 0.25) is 5.02 Å². The van der Waals surface area contributed by atoms with Gasteiger partial charge < -0.3 is 0 Å². The molecule has 0 atom stereocenters. The van der Waals surface area contributed by atoms with E-state index in [9.17, 15) is 4.79 Å². The highest BCUT2D eigenvalue weighted by Gasteiger charge is 2.14. The highest BCUT2D eigenvalue weighted by Crippen LogP contribution is 2.38. The van der Waals surface area contributed by atoms with Crippen LogP contribution < -0.4 is 5.56 Å². The van der Waals surface area contributed by atoms with E-state index >= 15 is 0 Å². The summed E-state index contributed by atoms with van der Waals surface area (Å²) in [6, 6.07) is 15.2. The Morgan fingerprint density at radius 1 is 1.10 bits per heavy atom. The maximum Gasteiger partial charge on any atom is 0.258 e. The maximum atomic E-state index is 12.4. The summed E-state index contributed by atoms with van der Waals surface area (Å²) in [4.78, 5) is 26.9. The predicted octanol–water partition coefficient (Wildman–Crippen LogP) is 5.31. The van der Waals surface area contributed by atoms with Crippen molar-refractivity contribution in [3.05, 3.63) is 87.5 Å². The van der Waals surface area contributed by atoms with Gasteiger partial charge in [-0.3, -0.25) is 9.20 Å². The number of rotatable bonds is 4. The summed E-state index contributed by atoms with van der Waals surface area (Å²) in [6.07, 6.45) is 3.16. The predicted molar refractivity (Wildman–Crippen MR) is 119 cm³/mol. The van der Waals surface area contributed by atoms with Gasteiger partial charge in [0.2, 0.25) is 0 Å². The monoisotopic (exact) mass is 436 g/mol. The number of fused-ring (bicyclic) bond motifs is 2. The van der Waals surface area contributed by atoms with Crippen LogP contribution in [0.4, 0.5) is 0 Å². The van der Waals surface area contributed by atoms with Crippen LogP contribution in [0, 0.1) is 0 Å². The molecule has 142 valence electrons. The Hall–Kier alpha value is -2.74. The molecule has 1 aromatic carbocycles. The Kier molecular flexibility index (Phi) is 4.79. The van der Waals surface area contributed by atoms with Crippen molar-refractivity contribution in [1.29, 1.82) is 0 Å². The number of thiophene rings is 1. The van der Waals surface area contributed by atoms with Crippen molar-refractivity contribution in [3.63, 3.8) is 0 Å². The zero-order chi connectivity index (χ0) is 19.8. The molecule has 4 aromatic heterocycles. The van der Waals surface area contributed by atoms with Gasteiger partial charge in [0.25, 0.3) is 5.56 Å². The highest BCUT2D eigenvalue weighted by molar-refractivity contribution is 7.98. The first-order valence-corrected chi connectivity index (χ1v) is 11.0. The van der Waals surface area contributed by atoms with Crippen molar-refractivity contribution in [2.24, 2.45) is 0 Å². The minimum Gasteiger partial charge on any atom is -0.269 e. The average Bonchev–Trinajstić information content (AvgIpc) is 3.18. The van der Waals surface area contributed by atoms with Crippen LogP contribution in [0.5, 0.6) is 0 Å². The summed E-state index contributed by atoms with van der Waals surface area (Å²) in [5.74, 6) is 0.532. The number of hydrogen-bond donors (Lipinski definition) is 0. The molecule has 5 nitrogen and oxygen atoms in total. The molecule has 29 heavy (non-hydrogen) atoms. The van der Waals surface area contributed by atoms with Crippen LogP contribution in [-0.2, 0) is 5.75 Å². The van der Waals surface area contributed by atoms with Crippen molar-refractivity contribution in [2.45, 2.75) is 10.8 Å². The molecule has 8 heteroatoms. The molecule has 0 aliphatic heterocycles. The van der Waals surface area contributed by atoms with Crippen LogP contribution in [0.25, 0.3) is 27.0 Å². The molecule has 0 saturated carbocycles. The van der Waals surface area contributed by atoms with Crippen molar-refractivity contribution >= 4 is 50.6 Å². The molecule has 0 bridgehead atoms. The Balaban J connectivity index is 1.51. The Morgan fingerprint density at radius 3 is 2.83 bits per heavy atom. The molecule has 0 aliphatic rings. The van der Waals surface area contributed by atoms with E-state index in [1.54, 1.807) is 53.8 Å². The second-order valence-electron chi connectivity index (χ2n) is 6.32. The van der Waals surface area contributed by atoms with E-state index in [4.69, 9.17) is 11.6 Å². The van der Waals surface area contributed by atoms with Crippen LogP contribution in [0.3, 0.4) is 0 Å². The molecule has 0 fully saturated rings. The molecule has 0 radical (unpaired) electrons. The zero-order valence-corrected chi connectivity index (χ0v) is 17.3. The SMILES string of the molecule is O=c1cc(CSc2ncnc3scc(-c4ccccc4)c23)nc2ccc(Cl)cn12. The lowest BCUT2D eigenvalue weighted by Crippen LogP contribution is -2.15. The minimum atomic E-state index is -0.151. The lowest BCUT2D eigenvalue weighted by molar-refractivity contribution is 1.01. The standard InChI is InChI=1S/C21H13ClN4OS2/c22-14-6-7-17-25-15(8-18(27)26(17)9-14)10-28-20-19-16(13-4-2-1-3-5-13)11-29-21(19)24-12-23-20/h1-9,11-12H,10H2. The molecule has 0 amide bonds. The van der Waals surface area contributed by atoms with Gasteiger partial charge in [0.05, 0.1) is 16.1 Å². The second-order valence-corrected chi connectivity index (χ2v) is 8.58. The maximum absolute atomic E-state index is 12.4. The average molecular weight is 437 g/mol. The van der Waals surface area contributed by atoms with Crippen molar-refractivity contribution in [1.82, 2.24) is 19.4 Å². The van der Waals surface area contributed by atoms with Gasteiger partial charge in [0.15, 0.2) is 0 Å². The van der Waals surface area contributed by atoms with Gasteiger partial charge in [-0.25, -0.2) is 15.0 Å². The molecule has 0 saturated heterocycles. The van der Waals surface area contributed by atoms with Gasteiger partial charge in [0.1, 0.15) is 21.8 Å². The fraction of sp³-hybridized carbons (Fsp3) is 0.0476. The molecular formula is C21H13ClN4OS2. The zero-order valence-electron chi connectivity index (χ0n) is 14.9. The third-order valence-electron chi connectivity index (χ3n) is 4.45. The molecule has 5 aromatic rings. The molecule has 4 heterocycles. The first-order chi connectivity index (χ1) is 14.2. The number of aromatic nitrogens is 4. The molecule has 0 aliphatic carbocycles. The summed E-state index contributed by atoms with van der Waals surface area (Å²) < 4.78 is 1.45. The van der Waals surface area contributed by atoms with Crippen molar-refractivity contribution < 1.29 is 0 Å². The lowest BCUT2D eigenvalue weighted by Gasteiger charge is -2.06. The van der Waals surface area contributed by atoms with Crippen molar-refractivity contribution in [2.75, 3.05) is 0 Å². The van der Waals surface area contributed by atoms with E-state index in [1.165, 1.54) is 4.40 Å². The smallest absolute Gasteiger partial charge is 0.258 e. The Morgan fingerprint density at radius 2 is 1.97 bits per heavy atom. The van der Waals surface area contributed by atoms with E-state index in [1.807, 2.05) is 18.2 Å². The lowest BCUT2D eigenvalue weighted by atomic mass is 10.1. The first-order valence-electron chi connectivity index (χ1n) is 8.77. The normalized spacial score (nSPS) is 11.3. The summed E-state index contributed by atoms with van der Waals surface area (Å²) in [6.45, 7) is 0. The van der Waals surface area contributed by atoms with E-state index < -0.39 is 0 Å². The Labute approximate surface area is 179 Å². The summed E-state index contributed by atoms with van der Waals surface area (Å²) in [5, 5.41) is 4.53. The van der Waals surface area contributed by atoms with Gasteiger partial charge in [-0.1, -0.05) is 53.7 Å². The third kappa shape index (κ3) is 3.53. The van der Waals surface area contributed by atoms with Crippen LogP contribution in [0.15, 0.2) is 76.3 Å². The summed E-state index contributed by atoms with van der Waals surface area (Å²) in [7, 11) is 0. The second kappa shape index (κ2) is 7.59. The van der Waals surface area contributed by atoms with Gasteiger partial charge in [-0.05, 0) is 17.7 Å². The third-order valence-corrected chi connectivity index (χ3v) is 6.59. The van der Waals surface area contributed by atoms with Gasteiger partial charge in [0, 0.05) is 29.0 Å². The van der Waals surface area contributed by atoms with Gasteiger partial charge >= 0.3 is 0 Å². The number of nitrogens with zero attached hydrogens (tertiary/aromatic N) is 4. The van der Waals surface area contributed by atoms with Crippen LogP contribution in [-0.4, -0.2) is 19.4 Å². The van der Waals surface area contributed by atoms with Gasteiger partial charge in [-0.2, -0.15) is 0 Å². The largest absolute Gasteiger partial charge is 0.269 e. The fourth-order valence-electron chi connectivity index (χ4n) is 3.13. The van der Waals surface area contributed by atoms with Crippen molar-refractivity contribution in [3.8, 4) is 11.1 Å². The highest BCUT2D eigenvalue weighted by atomic mass is 35.5. The molecular weight excluding hydrogens is 424 g/mol. The van der Waals surface area contributed by atoms with E-state index in [0.29, 0.717) is 22.1 Å². The number of thioether (sulfide) groups is 1. The fourth-order valence-corrected chi connectivity index (χ4v) is 5.18. The van der Waals surface area contributed by atoms with Crippen LogP contribution >= 0.6 is 34.7 Å². The van der Waals surface area contributed by atoms with Crippen LogP contribution in [0.1, 0.15) is 5.69 Å². The molecule has 0 unspecified atom stereocenters. The number of hydrogen-bond acceptors (Lipinski definition) is 6. The summed E-state index contributed by atoms with van der Waals surface area (Å²) >= 11 is 9.14.